The van der Waals surface area contributed by atoms with E-state index in [-0.39, 0.29) is 16.5 Å². The molecule has 2 N–H and O–H groups in total. The van der Waals surface area contributed by atoms with E-state index in [1.165, 1.54) is 24.3 Å². The van der Waals surface area contributed by atoms with Crippen LogP contribution < -0.4 is 10.0 Å². The zero-order chi connectivity index (χ0) is 20.0. The Morgan fingerprint density at radius 1 is 1.15 bits per heavy atom. The highest BCUT2D eigenvalue weighted by molar-refractivity contribution is 7.92. The van der Waals surface area contributed by atoms with Gasteiger partial charge in [-0.3, -0.25) is 9.52 Å². The van der Waals surface area contributed by atoms with Gasteiger partial charge in [-0.05, 0) is 69.9 Å². The van der Waals surface area contributed by atoms with E-state index in [2.05, 4.69) is 10.0 Å². The second-order valence-electron chi connectivity index (χ2n) is 6.51. The van der Waals surface area contributed by atoms with Crippen LogP contribution in [0.25, 0.3) is 0 Å². The molecule has 0 radical (unpaired) electrons. The molecule has 0 bridgehead atoms. The number of amides is 1. The first-order chi connectivity index (χ1) is 12.7. The predicted molar refractivity (Wildman–Crippen MR) is 104 cm³/mol. The van der Waals surface area contributed by atoms with Crippen LogP contribution in [0.4, 0.5) is 10.1 Å². The molecule has 27 heavy (non-hydrogen) atoms. The third-order valence-corrected chi connectivity index (χ3v) is 5.28. The van der Waals surface area contributed by atoms with Crippen LogP contribution in [0.5, 0.6) is 0 Å². The molecule has 0 heterocycles. The van der Waals surface area contributed by atoms with E-state index >= 15 is 0 Å². The first-order valence-electron chi connectivity index (χ1n) is 8.51. The number of nitrogens with zero attached hydrogens (tertiary/aromatic N) is 1. The van der Waals surface area contributed by atoms with Crippen molar-refractivity contribution in [1.29, 1.82) is 0 Å². The minimum absolute atomic E-state index is 0.177. The number of carbonyl (C=O) groups excluding carboxylic acids is 1. The first-order valence-corrected chi connectivity index (χ1v) is 9.99. The average Bonchev–Trinajstić information content (AvgIpc) is 2.60. The summed E-state index contributed by atoms with van der Waals surface area (Å²) in [6.45, 7) is 2.93. The topological polar surface area (TPSA) is 78.5 Å². The molecule has 0 saturated carbocycles. The zero-order valence-electron chi connectivity index (χ0n) is 15.6. The number of rotatable bonds is 8. The predicted octanol–water partition coefficient (Wildman–Crippen LogP) is 2.62. The van der Waals surface area contributed by atoms with E-state index < -0.39 is 15.8 Å². The van der Waals surface area contributed by atoms with E-state index in [9.17, 15) is 17.6 Å². The van der Waals surface area contributed by atoms with Crippen LogP contribution in [0.1, 0.15) is 22.3 Å². The molecular formula is C19H24FN3O3S. The number of nitrogens with one attached hydrogen (secondary N) is 2. The number of hydrogen-bond donors (Lipinski definition) is 2. The van der Waals surface area contributed by atoms with E-state index in [1.807, 2.05) is 19.0 Å². The molecule has 6 nitrogen and oxygen atoms in total. The van der Waals surface area contributed by atoms with Crippen molar-refractivity contribution in [1.82, 2.24) is 10.2 Å². The van der Waals surface area contributed by atoms with Gasteiger partial charge < -0.3 is 10.2 Å². The minimum atomic E-state index is -3.95. The van der Waals surface area contributed by atoms with Gasteiger partial charge in [-0.15, -0.1) is 0 Å². The maximum atomic E-state index is 13.7. The summed E-state index contributed by atoms with van der Waals surface area (Å²) in [5.41, 5.74) is 0.939. The summed E-state index contributed by atoms with van der Waals surface area (Å²) in [7, 11) is -0.0414. The van der Waals surface area contributed by atoms with Crippen LogP contribution in [0.2, 0.25) is 0 Å². The van der Waals surface area contributed by atoms with Crippen LogP contribution in [0.15, 0.2) is 47.4 Å². The number of sulfonamides is 1. The Balaban J connectivity index is 2.08. The molecule has 0 aliphatic heterocycles. The summed E-state index contributed by atoms with van der Waals surface area (Å²) in [5, 5.41) is 2.80. The maximum absolute atomic E-state index is 13.7. The van der Waals surface area contributed by atoms with Crippen molar-refractivity contribution in [2.24, 2.45) is 0 Å². The highest BCUT2D eigenvalue weighted by atomic mass is 32.2. The highest BCUT2D eigenvalue weighted by Gasteiger charge is 2.16. The summed E-state index contributed by atoms with van der Waals surface area (Å²) in [6.07, 6.45) is 0.810. The first kappa shape index (κ1) is 20.9. The van der Waals surface area contributed by atoms with E-state index in [4.69, 9.17) is 0 Å². The molecule has 0 spiro atoms. The van der Waals surface area contributed by atoms with E-state index in [0.29, 0.717) is 17.7 Å². The van der Waals surface area contributed by atoms with Gasteiger partial charge in [0.2, 0.25) is 0 Å². The van der Waals surface area contributed by atoms with Crippen molar-refractivity contribution in [3.8, 4) is 0 Å². The van der Waals surface area contributed by atoms with E-state index in [0.717, 1.165) is 19.0 Å². The van der Waals surface area contributed by atoms with Crippen LogP contribution in [0, 0.1) is 12.7 Å². The van der Waals surface area contributed by atoms with Gasteiger partial charge in [-0.1, -0.05) is 12.1 Å². The fraction of sp³-hybridized carbons (Fsp3) is 0.316. The standard InChI is InChI=1S/C19H24FN3O3S/c1-14-8-9-17(13-18(14)20)27(25,26)22-16-7-4-6-15(12-16)19(24)21-10-5-11-23(2)3/h4,6-9,12-13,22H,5,10-11H2,1-3H3,(H,21,24). The lowest BCUT2D eigenvalue weighted by atomic mass is 10.2. The van der Waals surface area contributed by atoms with Gasteiger partial charge in [-0.25, -0.2) is 12.8 Å². The summed E-state index contributed by atoms with van der Waals surface area (Å²) in [6, 6.07) is 9.88. The second-order valence-corrected chi connectivity index (χ2v) is 8.19. The van der Waals surface area contributed by atoms with Gasteiger partial charge in [0, 0.05) is 17.8 Å². The number of anilines is 1. The van der Waals surface area contributed by atoms with Gasteiger partial charge in [0.05, 0.1) is 4.90 Å². The fourth-order valence-electron chi connectivity index (χ4n) is 2.38. The number of halogens is 1. The molecule has 2 rings (SSSR count). The molecule has 146 valence electrons. The fourth-order valence-corrected chi connectivity index (χ4v) is 3.44. The highest BCUT2D eigenvalue weighted by Crippen LogP contribution is 2.19. The Bertz CT molecular complexity index is 914. The van der Waals surface area contributed by atoms with Crippen LogP contribution in [-0.4, -0.2) is 46.4 Å². The Morgan fingerprint density at radius 3 is 2.56 bits per heavy atom. The van der Waals surface area contributed by atoms with Gasteiger partial charge in [0.1, 0.15) is 5.82 Å². The number of benzene rings is 2. The van der Waals surface area contributed by atoms with E-state index in [1.54, 1.807) is 19.1 Å². The lowest BCUT2D eigenvalue weighted by molar-refractivity contribution is 0.0952. The summed E-state index contributed by atoms with van der Waals surface area (Å²) in [4.78, 5) is 14.1. The quantitative estimate of drug-likeness (QED) is 0.676. The Kier molecular flexibility index (Phi) is 6.92. The maximum Gasteiger partial charge on any atom is 0.261 e. The summed E-state index contributed by atoms with van der Waals surface area (Å²) < 4.78 is 40.9. The van der Waals surface area contributed by atoms with Crippen LogP contribution >= 0.6 is 0 Å². The molecule has 0 aliphatic carbocycles. The van der Waals surface area contributed by atoms with Crippen LogP contribution in [-0.2, 0) is 10.0 Å². The molecule has 1 amide bonds. The number of aryl methyl sites for hydroxylation is 1. The molecule has 0 atom stereocenters. The number of hydrogen-bond acceptors (Lipinski definition) is 4. The SMILES string of the molecule is Cc1ccc(S(=O)(=O)Nc2cccc(C(=O)NCCCN(C)C)c2)cc1F. The molecule has 0 aromatic heterocycles. The lowest BCUT2D eigenvalue weighted by Crippen LogP contribution is -2.27. The third kappa shape index (κ3) is 6.04. The lowest BCUT2D eigenvalue weighted by Gasteiger charge is -2.11. The van der Waals surface area contributed by atoms with Crippen molar-refractivity contribution < 1.29 is 17.6 Å². The molecule has 0 aliphatic rings. The van der Waals surface area contributed by atoms with Crippen molar-refractivity contribution >= 4 is 21.6 Å². The monoisotopic (exact) mass is 393 g/mol. The summed E-state index contributed by atoms with van der Waals surface area (Å²) >= 11 is 0. The Morgan fingerprint density at radius 2 is 1.89 bits per heavy atom. The van der Waals surface area contributed by atoms with Crippen molar-refractivity contribution in [2.45, 2.75) is 18.2 Å². The molecule has 8 heteroatoms. The zero-order valence-corrected chi connectivity index (χ0v) is 16.4. The van der Waals surface area contributed by atoms with Gasteiger partial charge >= 0.3 is 0 Å². The molecule has 0 saturated heterocycles. The van der Waals surface area contributed by atoms with Crippen LogP contribution in [0.3, 0.4) is 0 Å². The normalized spacial score (nSPS) is 11.4. The minimum Gasteiger partial charge on any atom is -0.352 e. The van der Waals surface area contributed by atoms with Gasteiger partial charge in [0.25, 0.3) is 15.9 Å². The molecule has 0 unspecified atom stereocenters. The Labute approximate surface area is 159 Å². The third-order valence-electron chi connectivity index (χ3n) is 3.90. The summed E-state index contributed by atoms with van der Waals surface area (Å²) in [5.74, 6) is -0.875. The van der Waals surface area contributed by atoms with Crippen molar-refractivity contribution in [3.63, 3.8) is 0 Å². The second kappa shape index (κ2) is 8.96. The molecule has 2 aromatic rings. The van der Waals surface area contributed by atoms with Crippen molar-refractivity contribution in [3.05, 3.63) is 59.4 Å². The van der Waals surface area contributed by atoms with Gasteiger partial charge in [0.15, 0.2) is 0 Å². The van der Waals surface area contributed by atoms with Crippen molar-refractivity contribution in [2.75, 3.05) is 31.9 Å². The molecule has 2 aromatic carbocycles. The Hall–Kier alpha value is -2.45. The van der Waals surface area contributed by atoms with Gasteiger partial charge in [-0.2, -0.15) is 0 Å². The number of carbonyl (C=O) groups is 1. The molecule has 0 fully saturated rings. The largest absolute Gasteiger partial charge is 0.352 e. The average molecular weight is 393 g/mol. The molecular weight excluding hydrogens is 369 g/mol. The smallest absolute Gasteiger partial charge is 0.261 e.